The van der Waals surface area contributed by atoms with E-state index in [4.69, 9.17) is 21.4 Å². The number of benzene rings is 1. The van der Waals surface area contributed by atoms with E-state index in [0.29, 0.717) is 19.6 Å². The summed E-state index contributed by atoms with van der Waals surface area (Å²) in [6.07, 6.45) is 0.0165. The molecule has 0 aliphatic heterocycles. The minimum atomic E-state index is -1.05. The van der Waals surface area contributed by atoms with Crippen LogP contribution in [0.3, 0.4) is 0 Å². The smallest absolute Gasteiger partial charge is 0.337 e. The molecule has 1 rings (SSSR count). The van der Waals surface area contributed by atoms with Gasteiger partial charge in [-0.05, 0) is 24.6 Å². The number of anilines is 1. The van der Waals surface area contributed by atoms with Crippen LogP contribution < -0.4 is 5.32 Å². The topological polar surface area (TPSA) is 78.8 Å². The van der Waals surface area contributed by atoms with Crippen LogP contribution in [0.4, 0.5) is 5.69 Å². The van der Waals surface area contributed by atoms with Crippen LogP contribution in [-0.2, 0) is 4.74 Å². The van der Waals surface area contributed by atoms with E-state index in [1.54, 1.807) is 12.1 Å². The summed E-state index contributed by atoms with van der Waals surface area (Å²) in [5.41, 5.74) is 0.788. The zero-order valence-corrected chi connectivity index (χ0v) is 10.8. The summed E-state index contributed by atoms with van der Waals surface area (Å²) in [4.78, 5) is 10.8. The summed E-state index contributed by atoms with van der Waals surface area (Å²) in [6, 6.07) is 4.63. The van der Waals surface area contributed by atoms with Gasteiger partial charge in [0, 0.05) is 19.3 Å². The van der Waals surface area contributed by atoms with Crippen LogP contribution in [0.2, 0.25) is 5.02 Å². The minimum absolute atomic E-state index is 0.0710. The SMILES string of the molecule is COCC(O)CCNc1ccc(C(=O)O)c(Cl)c1. The van der Waals surface area contributed by atoms with Gasteiger partial charge in [-0.15, -0.1) is 0 Å². The lowest BCUT2D eigenvalue weighted by atomic mass is 10.2. The summed E-state index contributed by atoms with van der Waals surface area (Å²) < 4.78 is 4.80. The van der Waals surface area contributed by atoms with Crippen LogP contribution >= 0.6 is 11.6 Å². The van der Waals surface area contributed by atoms with Gasteiger partial charge in [-0.3, -0.25) is 0 Å². The van der Waals surface area contributed by atoms with E-state index in [0.717, 1.165) is 5.69 Å². The Morgan fingerprint density at radius 2 is 2.28 bits per heavy atom. The van der Waals surface area contributed by atoms with E-state index in [1.807, 2.05) is 0 Å². The number of hydrogen-bond acceptors (Lipinski definition) is 4. The fourth-order valence-electron chi connectivity index (χ4n) is 1.46. The van der Waals surface area contributed by atoms with E-state index in [-0.39, 0.29) is 10.6 Å². The normalized spacial score (nSPS) is 12.2. The largest absolute Gasteiger partial charge is 0.478 e. The van der Waals surface area contributed by atoms with Gasteiger partial charge >= 0.3 is 5.97 Å². The van der Waals surface area contributed by atoms with Gasteiger partial charge in [-0.1, -0.05) is 11.6 Å². The number of carboxylic acids is 1. The van der Waals surface area contributed by atoms with E-state index in [2.05, 4.69) is 5.32 Å². The number of rotatable bonds is 7. The molecule has 0 aliphatic rings. The molecule has 18 heavy (non-hydrogen) atoms. The highest BCUT2D eigenvalue weighted by molar-refractivity contribution is 6.33. The molecule has 1 aromatic rings. The molecule has 5 nitrogen and oxygen atoms in total. The summed E-state index contributed by atoms with van der Waals surface area (Å²) in [7, 11) is 1.53. The van der Waals surface area contributed by atoms with Crippen LogP contribution in [0, 0.1) is 0 Å². The molecule has 1 aromatic carbocycles. The van der Waals surface area contributed by atoms with Gasteiger partial charge in [0.1, 0.15) is 0 Å². The molecule has 0 bridgehead atoms. The predicted octanol–water partition coefficient (Wildman–Crippen LogP) is 1.85. The Morgan fingerprint density at radius 1 is 1.56 bits per heavy atom. The molecule has 3 N–H and O–H groups in total. The number of methoxy groups -OCH3 is 1. The summed E-state index contributed by atoms with van der Waals surface area (Å²) in [6.45, 7) is 0.841. The number of halogens is 1. The zero-order chi connectivity index (χ0) is 13.5. The first-order chi connectivity index (χ1) is 8.54. The molecular weight excluding hydrogens is 258 g/mol. The van der Waals surface area contributed by atoms with E-state index in [1.165, 1.54) is 13.2 Å². The predicted molar refractivity (Wildman–Crippen MR) is 69.4 cm³/mol. The van der Waals surface area contributed by atoms with Crippen molar-refractivity contribution in [3.05, 3.63) is 28.8 Å². The molecule has 0 radical (unpaired) electrons. The first-order valence-electron chi connectivity index (χ1n) is 5.48. The third kappa shape index (κ3) is 4.52. The third-order valence-corrected chi connectivity index (χ3v) is 2.68. The molecule has 0 saturated heterocycles. The number of ether oxygens (including phenoxy) is 1. The molecule has 0 fully saturated rings. The molecule has 100 valence electrons. The third-order valence-electron chi connectivity index (χ3n) is 2.37. The molecule has 0 amide bonds. The van der Waals surface area contributed by atoms with Gasteiger partial charge in [0.2, 0.25) is 0 Å². The van der Waals surface area contributed by atoms with E-state index >= 15 is 0 Å². The monoisotopic (exact) mass is 273 g/mol. The Kier molecular flexibility index (Phi) is 5.91. The van der Waals surface area contributed by atoms with Crippen LogP contribution in [0.25, 0.3) is 0 Å². The first kappa shape index (κ1) is 14.8. The molecule has 0 aliphatic carbocycles. The number of aliphatic hydroxyl groups is 1. The maximum absolute atomic E-state index is 10.8. The average molecular weight is 274 g/mol. The Bertz CT molecular complexity index is 411. The number of carboxylic acid groups (broad SMARTS) is 1. The highest BCUT2D eigenvalue weighted by Crippen LogP contribution is 2.20. The van der Waals surface area contributed by atoms with Crippen LogP contribution in [-0.4, -0.2) is 42.5 Å². The summed E-state index contributed by atoms with van der Waals surface area (Å²) in [5, 5.41) is 21.5. The number of hydrogen-bond donors (Lipinski definition) is 3. The van der Waals surface area contributed by atoms with Gasteiger partial charge in [0.25, 0.3) is 0 Å². The Morgan fingerprint density at radius 3 is 2.83 bits per heavy atom. The van der Waals surface area contributed by atoms with Gasteiger partial charge in [0.15, 0.2) is 0 Å². The van der Waals surface area contributed by atoms with Crippen LogP contribution in [0.1, 0.15) is 16.8 Å². The van der Waals surface area contributed by atoms with Crippen molar-refractivity contribution in [3.63, 3.8) is 0 Å². The maximum Gasteiger partial charge on any atom is 0.337 e. The average Bonchev–Trinajstić information content (AvgIpc) is 2.29. The highest BCUT2D eigenvalue weighted by Gasteiger charge is 2.09. The van der Waals surface area contributed by atoms with Crippen molar-refractivity contribution in [2.24, 2.45) is 0 Å². The van der Waals surface area contributed by atoms with Crippen molar-refractivity contribution < 1.29 is 19.7 Å². The number of carbonyl (C=O) groups is 1. The molecule has 6 heteroatoms. The number of aliphatic hydroxyl groups excluding tert-OH is 1. The Hall–Kier alpha value is -1.30. The minimum Gasteiger partial charge on any atom is -0.478 e. The molecule has 0 aromatic heterocycles. The maximum atomic E-state index is 10.8. The fraction of sp³-hybridized carbons (Fsp3) is 0.417. The number of aromatic carboxylic acids is 1. The molecular formula is C12H16ClNO4. The Labute approximate surface area is 110 Å². The van der Waals surface area contributed by atoms with Crippen molar-refractivity contribution in [3.8, 4) is 0 Å². The lowest BCUT2D eigenvalue weighted by Crippen LogP contribution is -2.18. The van der Waals surface area contributed by atoms with Gasteiger partial charge in [0.05, 0.1) is 23.3 Å². The lowest BCUT2D eigenvalue weighted by molar-refractivity contribution is 0.0615. The van der Waals surface area contributed by atoms with Gasteiger partial charge in [-0.2, -0.15) is 0 Å². The molecule has 1 unspecified atom stereocenters. The molecule has 0 spiro atoms. The van der Waals surface area contributed by atoms with Crippen molar-refractivity contribution in [1.29, 1.82) is 0 Å². The second kappa shape index (κ2) is 7.20. The second-order valence-electron chi connectivity index (χ2n) is 3.82. The van der Waals surface area contributed by atoms with Crippen molar-refractivity contribution >= 4 is 23.3 Å². The van der Waals surface area contributed by atoms with Crippen LogP contribution in [0.5, 0.6) is 0 Å². The summed E-state index contributed by atoms with van der Waals surface area (Å²) >= 11 is 5.83. The zero-order valence-electron chi connectivity index (χ0n) is 10.0. The molecule has 0 saturated carbocycles. The Balaban J connectivity index is 2.49. The van der Waals surface area contributed by atoms with Crippen LogP contribution in [0.15, 0.2) is 18.2 Å². The lowest BCUT2D eigenvalue weighted by Gasteiger charge is -2.11. The summed E-state index contributed by atoms with van der Waals surface area (Å²) in [5.74, 6) is -1.05. The van der Waals surface area contributed by atoms with Crippen molar-refractivity contribution in [2.75, 3.05) is 25.6 Å². The number of nitrogens with one attached hydrogen (secondary N) is 1. The van der Waals surface area contributed by atoms with Gasteiger partial charge in [-0.25, -0.2) is 4.79 Å². The van der Waals surface area contributed by atoms with Gasteiger partial charge < -0.3 is 20.3 Å². The quantitative estimate of drug-likeness (QED) is 0.707. The fourth-order valence-corrected chi connectivity index (χ4v) is 1.72. The first-order valence-corrected chi connectivity index (χ1v) is 5.86. The van der Waals surface area contributed by atoms with E-state index in [9.17, 15) is 9.90 Å². The highest BCUT2D eigenvalue weighted by atomic mass is 35.5. The molecule has 0 heterocycles. The van der Waals surface area contributed by atoms with Crippen molar-refractivity contribution in [1.82, 2.24) is 0 Å². The standard InChI is InChI=1S/C12H16ClNO4/c1-18-7-9(15)4-5-14-8-2-3-10(12(16)17)11(13)6-8/h2-3,6,9,14-15H,4-5,7H2,1H3,(H,16,17). The van der Waals surface area contributed by atoms with E-state index < -0.39 is 12.1 Å². The van der Waals surface area contributed by atoms with Crippen molar-refractivity contribution in [2.45, 2.75) is 12.5 Å². The second-order valence-corrected chi connectivity index (χ2v) is 4.23. The molecule has 1 atom stereocenters.